The maximum Gasteiger partial charge on any atom is 0.122 e. The van der Waals surface area contributed by atoms with Crippen molar-refractivity contribution in [1.29, 1.82) is 0 Å². The van der Waals surface area contributed by atoms with Crippen molar-refractivity contribution in [3.8, 4) is 5.75 Å². The molecule has 0 spiro atoms. The topological polar surface area (TPSA) is 35.2 Å². The highest BCUT2D eigenvalue weighted by molar-refractivity contribution is 5.85. The molecule has 3 rings (SSSR count). The first-order chi connectivity index (χ1) is 11.2. The Kier molecular flexibility index (Phi) is 7.14. The van der Waals surface area contributed by atoms with Gasteiger partial charge in [0.25, 0.3) is 0 Å². The van der Waals surface area contributed by atoms with E-state index in [1.54, 1.807) is 0 Å². The Bertz CT molecular complexity index is 625. The predicted molar refractivity (Wildman–Crippen MR) is 103 cm³/mol. The molecule has 1 aliphatic carbocycles. The van der Waals surface area contributed by atoms with E-state index in [2.05, 4.69) is 55.5 Å². The van der Waals surface area contributed by atoms with Gasteiger partial charge in [0.1, 0.15) is 5.75 Å². The van der Waals surface area contributed by atoms with E-state index in [4.69, 9.17) is 10.5 Å². The summed E-state index contributed by atoms with van der Waals surface area (Å²) in [5.41, 5.74) is 10.0. The fourth-order valence-electron chi connectivity index (χ4n) is 2.79. The van der Waals surface area contributed by atoms with E-state index in [0.29, 0.717) is 0 Å². The van der Waals surface area contributed by atoms with Gasteiger partial charge >= 0.3 is 0 Å². The normalized spacial score (nSPS) is 14.8. The Morgan fingerprint density at radius 1 is 1.08 bits per heavy atom. The van der Waals surface area contributed by atoms with Gasteiger partial charge in [0, 0.05) is 12.5 Å². The Morgan fingerprint density at radius 2 is 1.83 bits per heavy atom. The zero-order chi connectivity index (χ0) is 16.1. The number of halogens is 1. The van der Waals surface area contributed by atoms with Crippen molar-refractivity contribution in [1.82, 2.24) is 0 Å². The maximum absolute atomic E-state index is 6.12. The van der Waals surface area contributed by atoms with Gasteiger partial charge in [-0.2, -0.15) is 0 Å². The SMILES string of the molecule is CCC(N)Cc1ccc(OCC2CC2)c(Cc2ccccc2)c1.Cl. The van der Waals surface area contributed by atoms with Gasteiger partial charge in [0.2, 0.25) is 0 Å². The lowest BCUT2D eigenvalue weighted by atomic mass is 9.98. The van der Waals surface area contributed by atoms with E-state index in [0.717, 1.165) is 37.5 Å². The van der Waals surface area contributed by atoms with Gasteiger partial charge in [-0.15, -0.1) is 12.4 Å². The molecule has 3 heteroatoms. The number of rotatable bonds is 8. The third-order valence-electron chi connectivity index (χ3n) is 4.56. The van der Waals surface area contributed by atoms with Crippen LogP contribution in [0.4, 0.5) is 0 Å². The van der Waals surface area contributed by atoms with Crippen LogP contribution in [0.1, 0.15) is 42.9 Å². The maximum atomic E-state index is 6.12. The lowest BCUT2D eigenvalue weighted by Crippen LogP contribution is -2.21. The second-order valence-electron chi connectivity index (χ2n) is 6.73. The van der Waals surface area contributed by atoms with E-state index in [9.17, 15) is 0 Å². The third kappa shape index (κ3) is 5.54. The smallest absolute Gasteiger partial charge is 0.122 e. The zero-order valence-electron chi connectivity index (χ0n) is 14.4. The van der Waals surface area contributed by atoms with Crippen LogP contribution in [0.2, 0.25) is 0 Å². The molecule has 2 N–H and O–H groups in total. The van der Waals surface area contributed by atoms with Crippen molar-refractivity contribution < 1.29 is 4.74 Å². The number of hydrogen-bond acceptors (Lipinski definition) is 2. The molecule has 0 aliphatic heterocycles. The third-order valence-corrected chi connectivity index (χ3v) is 4.56. The van der Waals surface area contributed by atoms with E-state index < -0.39 is 0 Å². The highest BCUT2D eigenvalue weighted by Crippen LogP contribution is 2.31. The average molecular weight is 346 g/mol. The van der Waals surface area contributed by atoms with Crippen LogP contribution in [-0.4, -0.2) is 12.6 Å². The van der Waals surface area contributed by atoms with Crippen LogP contribution in [0.3, 0.4) is 0 Å². The largest absolute Gasteiger partial charge is 0.493 e. The van der Waals surface area contributed by atoms with Crippen LogP contribution < -0.4 is 10.5 Å². The second-order valence-corrected chi connectivity index (χ2v) is 6.73. The molecule has 0 heterocycles. The summed E-state index contributed by atoms with van der Waals surface area (Å²) in [6.45, 7) is 3.00. The summed E-state index contributed by atoms with van der Waals surface area (Å²) in [7, 11) is 0. The summed E-state index contributed by atoms with van der Waals surface area (Å²) >= 11 is 0. The van der Waals surface area contributed by atoms with Crippen molar-refractivity contribution >= 4 is 12.4 Å². The highest BCUT2D eigenvalue weighted by atomic mass is 35.5. The molecule has 1 saturated carbocycles. The van der Waals surface area contributed by atoms with Crippen LogP contribution in [-0.2, 0) is 12.8 Å². The molecule has 0 amide bonds. The summed E-state index contributed by atoms with van der Waals surface area (Å²) in [4.78, 5) is 0. The van der Waals surface area contributed by atoms with E-state index >= 15 is 0 Å². The van der Waals surface area contributed by atoms with Gasteiger partial charge in [-0.05, 0) is 54.4 Å². The van der Waals surface area contributed by atoms with Crippen molar-refractivity contribution in [2.75, 3.05) is 6.61 Å². The fraction of sp³-hybridized carbons (Fsp3) is 0.429. The molecular formula is C21H28ClNO. The van der Waals surface area contributed by atoms with Crippen LogP contribution in [0.25, 0.3) is 0 Å². The Hall–Kier alpha value is -1.51. The lowest BCUT2D eigenvalue weighted by Gasteiger charge is -2.15. The predicted octanol–water partition coefficient (Wildman–Crippen LogP) is 4.77. The first kappa shape index (κ1) is 18.8. The standard InChI is InChI=1S/C21H27NO.ClH/c1-2-20(22)14-18-10-11-21(23-15-17-8-9-17)19(13-18)12-16-6-4-3-5-7-16;/h3-7,10-11,13,17,20H,2,8-9,12,14-15,22H2,1H3;1H. The molecule has 1 atom stereocenters. The highest BCUT2D eigenvalue weighted by Gasteiger charge is 2.22. The molecule has 0 bridgehead atoms. The molecule has 2 aromatic carbocycles. The van der Waals surface area contributed by atoms with Crippen LogP contribution in [0.15, 0.2) is 48.5 Å². The molecule has 0 saturated heterocycles. The molecule has 0 aromatic heterocycles. The summed E-state index contributed by atoms with van der Waals surface area (Å²) in [6.07, 6.45) is 5.49. The molecule has 1 aliphatic rings. The fourth-order valence-corrected chi connectivity index (χ4v) is 2.79. The summed E-state index contributed by atoms with van der Waals surface area (Å²) < 4.78 is 6.09. The van der Waals surface area contributed by atoms with E-state index in [-0.39, 0.29) is 18.4 Å². The number of nitrogens with two attached hydrogens (primary N) is 1. The van der Waals surface area contributed by atoms with Crippen LogP contribution >= 0.6 is 12.4 Å². The van der Waals surface area contributed by atoms with Gasteiger partial charge < -0.3 is 10.5 Å². The number of ether oxygens (including phenoxy) is 1. The molecular weight excluding hydrogens is 318 g/mol. The second kappa shape index (κ2) is 9.10. The van der Waals surface area contributed by atoms with Crippen molar-refractivity contribution in [3.05, 3.63) is 65.2 Å². The van der Waals surface area contributed by atoms with Crippen LogP contribution in [0, 0.1) is 5.92 Å². The van der Waals surface area contributed by atoms with Gasteiger partial charge in [0.05, 0.1) is 6.61 Å². The van der Waals surface area contributed by atoms with Gasteiger partial charge in [-0.3, -0.25) is 0 Å². The first-order valence-electron chi connectivity index (χ1n) is 8.78. The molecule has 2 nitrogen and oxygen atoms in total. The minimum absolute atomic E-state index is 0. The lowest BCUT2D eigenvalue weighted by molar-refractivity contribution is 0.297. The minimum Gasteiger partial charge on any atom is -0.493 e. The monoisotopic (exact) mass is 345 g/mol. The van der Waals surface area contributed by atoms with Crippen molar-refractivity contribution in [3.63, 3.8) is 0 Å². The molecule has 2 aromatic rings. The van der Waals surface area contributed by atoms with Gasteiger partial charge in [0.15, 0.2) is 0 Å². The number of hydrogen-bond donors (Lipinski definition) is 1. The molecule has 130 valence electrons. The first-order valence-corrected chi connectivity index (χ1v) is 8.78. The Balaban J connectivity index is 0.00000208. The summed E-state index contributed by atoms with van der Waals surface area (Å²) in [5.74, 6) is 1.81. The van der Waals surface area contributed by atoms with Crippen LogP contribution in [0.5, 0.6) is 5.75 Å². The van der Waals surface area contributed by atoms with E-state index in [1.807, 2.05) is 0 Å². The van der Waals surface area contributed by atoms with E-state index in [1.165, 1.54) is 29.5 Å². The number of benzene rings is 2. The molecule has 0 radical (unpaired) electrons. The Morgan fingerprint density at radius 3 is 2.50 bits per heavy atom. The molecule has 1 unspecified atom stereocenters. The summed E-state index contributed by atoms with van der Waals surface area (Å²) in [5, 5.41) is 0. The van der Waals surface area contributed by atoms with Crippen molar-refractivity contribution in [2.24, 2.45) is 11.7 Å². The van der Waals surface area contributed by atoms with Gasteiger partial charge in [-0.25, -0.2) is 0 Å². The minimum atomic E-state index is 0. The summed E-state index contributed by atoms with van der Waals surface area (Å²) in [6, 6.07) is 17.4. The van der Waals surface area contributed by atoms with Gasteiger partial charge in [-0.1, -0.05) is 49.4 Å². The molecule has 1 fully saturated rings. The quantitative estimate of drug-likeness (QED) is 0.748. The average Bonchev–Trinajstić information content (AvgIpc) is 3.39. The Labute approximate surface area is 151 Å². The zero-order valence-corrected chi connectivity index (χ0v) is 15.2. The molecule has 24 heavy (non-hydrogen) atoms. The van der Waals surface area contributed by atoms with Crippen molar-refractivity contribution in [2.45, 2.75) is 45.1 Å².